The molecular weight excluding hydrogens is 288 g/mol. The molecule has 2 amide bonds. The number of anilines is 1. The van der Waals surface area contributed by atoms with Crippen molar-refractivity contribution in [2.45, 2.75) is 26.2 Å². The van der Waals surface area contributed by atoms with Crippen molar-refractivity contribution in [1.29, 1.82) is 0 Å². The number of hydrogen-bond donors (Lipinski definition) is 2. The largest absolute Gasteiger partial charge is 0.366 e. The van der Waals surface area contributed by atoms with Crippen molar-refractivity contribution in [3.63, 3.8) is 0 Å². The molecule has 2 aromatic carbocycles. The van der Waals surface area contributed by atoms with Crippen LogP contribution in [0.2, 0.25) is 0 Å². The van der Waals surface area contributed by atoms with Crippen molar-refractivity contribution in [3.8, 4) is 0 Å². The van der Waals surface area contributed by atoms with E-state index in [0.717, 1.165) is 12.0 Å². The number of hydrogen-bond acceptors (Lipinski definition) is 2. The molecule has 0 bridgehead atoms. The molecule has 0 radical (unpaired) electrons. The predicted molar refractivity (Wildman–Crippen MR) is 92.2 cm³/mol. The minimum atomic E-state index is -0.511. The van der Waals surface area contributed by atoms with Crippen molar-refractivity contribution in [2.24, 2.45) is 11.7 Å². The van der Waals surface area contributed by atoms with Crippen LogP contribution in [0.25, 0.3) is 0 Å². The van der Waals surface area contributed by atoms with Crippen LogP contribution in [0.4, 0.5) is 5.69 Å². The maximum Gasteiger partial charge on any atom is 0.248 e. The summed E-state index contributed by atoms with van der Waals surface area (Å²) in [7, 11) is 0. The van der Waals surface area contributed by atoms with Crippen LogP contribution >= 0.6 is 0 Å². The Hall–Kier alpha value is -2.62. The van der Waals surface area contributed by atoms with E-state index in [1.54, 1.807) is 24.3 Å². The van der Waals surface area contributed by atoms with Gasteiger partial charge >= 0.3 is 0 Å². The SMILES string of the molecule is CC[C@H](C)[C@@H](C(=O)Nc1cccc(C(N)=O)c1)c1ccccc1. The maximum absolute atomic E-state index is 12.8. The van der Waals surface area contributed by atoms with Gasteiger partial charge in [-0.3, -0.25) is 9.59 Å². The summed E-state index contributed by atoms with van der Waals surface area (Å²) in [5, 5.41) is 2.90. The fraction of sp³-hybridized carbons (Fsp3) is 0.263. The van der Waals surface area contributed by atoms with Gasteiger partial charge < -0.3 is 11.1 Å². The molecule has 4 heteroatoms. The van der Waals surface area contributed by atoms with Gasteiger partial charge in [-0.1, -0.05) is 56.7 Å². The average Bonchev–Trinajstić information content (AvgIpc) is 2.56. The van der Waals surface area contributed by atoms with Crippen LogP contribution in [-0.2, 0) is 4.79 Å². The van der Waals surface area contributed by atoms with E-state index in [-0.39, 0.29) is 17.7 Å². The van der Waals surface area contributed by atoms with Gasteiger partial charge in [-0.05, 0) is 29.7 Å². The van der Waals surface area contributed by atoms with Gasteiger partial charge in [-0.15, -0.1) is 0 Å². The molecule has 0 aliphatic carbocycles. The minimum absolute atomic E-state index is 0.0767. The third kappa shape index (κ3) is 4.19. The fourth-order valence-electron chi connectivity index (χ4n) is 2.60. The Morgan fingerprint density at radius 1 is 1.09 bits per heavy atom. The third-order valence-corrected chi connectivity index (χ3v) is 4.07. The molecule has 0 aliphatic rings. The molecular formula is C19H22N2O2. The second-order valence-corrected chi connectivity index (χ2v) is 5.71. The predicted octanol–water partition coefficient (Wildman–Crippen LogP) is 3.55. The van der Waals surface area contributed by atoms with E-state index in [2.05, 4.69) is 19.2 Å². The van der Waals surface area contributed by atoms with Gasteiger partial charge in [0, 0.05) is 11.3 Å². The molecule has 2 rings (SSSR count). The third-order valence-electron chi connectivity index (χ3n) is 4.07. The van der Waals surface area contributed by atoms with Gasteiger partial charge in [-0.2, -0.15) is 0 Å². The van der Waals surface area contributed by atoms with Crippen LogP contribution < -0.4 is 11.1 Å². The monoisotopic (exact) mass is 310 g/mol. The first-order chi connectivity index (χ1) is 11.0. The zero-order chi connectivity index (χ0) is 16.8. The fourth-order valence-corrected chi connectivity index (χ4v) is 2.60. The molecule has 0 heterocycles. The molecule has 3 N–H and O–H groups in total. The minimum Gasteiger partial charge on any atom is -0.366 e. The van der Waals surface area contributed by atoms with Crippen LogP contribution in [0.5, 0.6) is 0 Å². The summed E-state index contributed by atoms with van der Waals surface area (Å²) >= 11 is 0. The van der Waals surface area contributed by atoms with E-state index in [1.807, 2.05) is 30.3 Å². The summed E-state index contributed by atoms with van der Waals surface area (Å²) in [6.07, 6.45) is 0.897. The molecule has 4 nitrogen and oxygen atoms in total. The first kappa shape index (κ1) is 16.7. The van der Waals surface area contributed by atoms with Crippen LogP contribution in [-0.4, -0.2) is 11.8 Å². The van der Waals surface area contributed by atoms with Crippen LogP contribution in [0.3, 0.4) is 0 Å². The standard InChI is InChI=1S/C19H22N2O2/c1-3-13(2)17(14-8-5-4-6-9-14)19(23)21-16-11-7-10-15(12-16)18(20)22/h4-13,17H,3H2,1-2H3,(H2,20,22)(H,21,23)/t13-,17+/m0/s1. The number of nitrogens with two attached hydrogens (primary N) is 1. The van der Waals surface area contributed by atoms with Crippen molar-refractivity contribution in [1.82, 2.24) is 0 Å². The van der Waals surface area contributed by atoms with Crippen molar-refractivity contribution in [2.75, 3.05) is 5.32 Å². The molecule has 120 valence electrons. The van der Waals surface area contributed by atoms with Crippen LogP contribution in [0, 0.1) is 5.92 Å². The number of benzene rings is 2. The van der Waals surface area contributed by atoms with E-state index in [0.29, 0.717) is 11.3 Å². The lowest BCUT2D eigenvalue weighted by Crippen LogP contribution is -2.26. The highest BCUT2D eigenvalue weighted by atomic mass is 16.2. The van der Waals surface area contributed by atoms with Gasteiger partial charge in [-0.25, -0.2) is 0 Å². The van der Waals surface area contributed by atoms with E-state index < -0.39 is 5.91 Å². The summed E-state index contributed by atoms with van der Waals surface area (Å²) in [5.41, 5.74) is 7.23. The Kier molecular flexibility index (Phi) is 5.52. The van der Waals surface area contributed by atoms with E-state index in [4.69, 9.17) is 5.73 Å². The lowest BCUT2D eigenvalue weighted by molar-refractivity contribution is -0.118. The Morgan fingerprint density at radius 2 is 1.78 bits per heavy atom. The molecule has 23 heavy (non-hydrogen) atoms. The van der Waals surface area contributed by atoms with Crippen molar-refractivity contribution < 1.29 is 9.59 Å². The van der Waals surface area contributed by atoms with Crippen LogP contribution in [0.15, 0.2) is 54.6 Å². The number of carbonyl (C=O) groups excluding carboxylic acids is 2. The van der Waals surface area contributed by atoms with Gasteiger partial charge in [0.05, 0.1) is 5.92 Å². The topological polar surface area (TPSA) is 72.2 Å². The first-order valence-electron chi connectivity index (χ1n) is 7.78. The highest BCUT2D eigenvalue weighted by Gasteiger charge is 2.25. The highest BCUT2D eigenvalue weighted by Crippen LogP contribution is 2.28. The van der Waals surface area contributed by atoms with Gasteiger partial charge in [0.15, 0.2) is 0 Å². The number of nitrogens with one attached hydrogen (secondary N) is 1. The normalized spacial score (nSPS) is 13.1. The summed E-state index contributed by atoms with van der Waals surface area (Å²) in [6.45, 7) is 4.14. The number of rotatable bonds is 6. The lowest BCUT2D eigenvalue weighted by atomic mass is 9.85. The second-order valence-electron chi connectivity index (χ2n) is 5.71. The number of primary amides is 1. The Balaban J connectivity index is 2.25. The summed E-state index contributed by atoms with van der Waals surface area (Å²) < 4.78 is 0. The molecule has 0 saturated carbocycles. The first-order valence-corrected chi connectivity index (χ1v) is 7.78. The number of carbonyl (C=O) groups is 2. The van der Waals surface area contributed by atoms with E-state index in [1.165, 1.54) is 0 Å². The van der Waals surface area contributed by atoms with Gasteiger partial charge in [0.1, 0.15) is 0 Å². The van der Waals surface area contributed by atoms with Gasteiger partial charge in [0.25, 0.3) is 0 Å². The van der Waals surface area contributed by atoms with Crippen LogP contribution in [0.1, 0.15) is 42.1 Å². The molecule has 0 aromatic heterocycles. The highest BCUT2D eigenvalue weighted by molar-refractivity contribution is 5.98. The van der Waals surface area contributed by atoms with Crippen molar-refractivity contribution in [3.05, 3.63) is 65.7 Å². The molecule has 0 fully saturated rings. The average molecular weight is 310 g/mol. The smallest absolute Gasteiger partial charge is 0.248 e. The van der Waals surface area contributed by atoms with E-state index >= 15 is 0 Å². The van der Waals surface area contributed by atoms with E-state index in [9.17, 15) is 9.59 Å². The molecule has 0 saturated heterocycles. The zero-order valence-corrected chi connectivity index (χ0v) is 13.5. The summed E-state index contributed by atoms with van der Waals surface area (Å²) in [5.74, 6) is -0.620. The van der Waals surface area contributed by atoms with Crippen molar-refractivity contribution >= 4 is 17.5 Å². The Morgan fingerprint density at radius 3 is 2.39 bits per heavy atom. The maximum atomic E-state index is 12.8. The quantitative estimate of drug-likeness (QED) is 0.856. The lowest BCUT2D eigenvalue weighted by Gasteiger charge is -2.23. The summed E-state index contributed by atoms with van der Waals surface area (Å²) in [6, 6.07) is 16.4. The van der Waals surface area contributed by atoms with Gasteiger partial charge in [0.2, 0.25) is 11.8 Å². The Bertz CT molecular complexity index is 683. The second kappa shape index (κ2) is 7.58. The molecule has 0 spiro atoms. The number of amides is 2. The zero-order valence-electron chi connectivity index (χ0n) is 13.5. The molecule has 2 aromatic rings. The molecule has 2 atom stereocenters. The summed E-state index contributed by atoms with van der Waals surface area (Å²) in [4.78, 5) is 24.0. The molecule has 0 aliphatic heterocycles. The molecule has 0 unspecified atom stereocenters. The Labute approximate surface area is 136 Å².